The predicted molar refractivity (Wildman–Crippen MR) is 69.7 cm³/mol. The van der Waals surface area contributed by atoms with Gasteiger partial charge < -0.3 is 10.5 Å². The number of hydrogen-bond donors (Lipinski definition) is 1. The Morgan fingerprint density at radius 3 is 2.37 bits per heavy atom. The first-order chi connectivity index (χ1) is 9.06. The second-order valence-electron chi connectivity index (χ2n) is 4.39. The van der Waals surface area contributed by atoms with Gasteiger partial charge in [-0.25, -0.2) is 8.78 Å². The predicted octanol–water partition coefficient (Wildman–Crippen LogP) is 3.56. The van der Waals surface area contributed by atoms with Crippen LogP contribution in [0, 0.1) is 11.6 Å². The summed E-state index contributed by atoms with van der Waals surface area (Å²) in [7, 11) is 0. The summed E-state index contributed by atoms with van der Waals surface area (Å²) in [4.78, 5) is 0. The highest BCUT2D eigenvalue weighted by Gasteiger charge is 2.08. The van der Waals surface area contributed by atoms with Crippen LogP contribution in [0.1, 0.15) is 24.1 Å². The molecule has 0 aliphatic carbocycles. The molecule has 0 aliphatic rings. The zero-order valence-corrected chi connectivity index (χ0v) is 10.6. The van der Waals surface area contributed by atoms with Crippen LogP contribution < -0.4 is 10.5 Å². The van der Waals surface area contributed by atoms with Gasteiger partial charge in [0.05, 0.1) is 0 Å². The third-order valence-electron chi connectivity index (χ3n) is 2.78. The second kappa shape index (κ2) is 5.80. The quantitative estimate of drug-likeness (QED) is 0.915. The molecule has 4 heteroatoms. The molecule has 2 nitrogen and oxygen atoms in total. The van der Waals surface area contributed by atoms with Gasteiger partial charge in [-0.2, -0.15) is 0 Å². The lowest BCUT2D eigenvalue weighted by Gasteiger charge is -2.10. The summed E-state index contributed by atoms with van der Waals surface area (Å²) in [6, 6.07) is 10.2. The van der Waals surface area contributed by atoms with E-state index >= 15 is 0 Å². The summed E-state index contributed by atoms with van der Waals surface area (Å²) in [5, 5.41) is 0. The lowest BCUT2D eigenvalue weighted by atomic mass is 10.1. The number of ether oxygens (including phenoxy) is 1. The molecule has 0 spiro atoms. The van der Waals surface area contributed by atoms with Crippen LogP contribution in [-0.4, -0.2) is 0 Å². The molecule has 0 radical (unpaired) electrons. The SMILES string of the molecule is C[C@@H](N)c1ccc(OCc2ccc(F)cc2)cc1F. The van der Waals surface area contributed by atoms with E-state index < -0.39 is 0 Å². The number of rotatable bonds is 4. The molecule has 0 heterocycles. The molecule has 2 rings (SSSR count). The molecule has 0 aromatic heterocycles. The molecule has 0 fully saturated rings. The average molecular weight is 263 g/mol. The van der Waals surface area contributed by atoms with Gasteiger partial charge in [-0.3, -0.25) is 0 Å². The lowest BCUT2D eigenvalue weighted by Crippen LogP contribution is -2.07. The van der Waals surface area contributed by atoms with Crippen LogP contribution in [-0.2, 0) is 6.61 Å². The Morgan fingerprint density at radius 1 is 1.11 bits per heavy atom. The van der Waals surface area contributed by atoms with Gasteiger partial charge >= 0.3 is 0 Å². The van der Waals surface area contributed by atoms with Crippen molar-refractivity contribution in [1.29, 1.82) is 0 Å². The highest BCUT2D eigenvalue weighted by atomic mass is 19.1. The molecule has 2 aromatic rings. The van der Waals surface area contributed by atoms with Crippen molar-refractivity contribution in [2.75, 3.05) is 0 Å². The highest BCUT2D eigenvalue weighted by Crippen LogP contribution is 2.21. The van der Waals surface area contributed by atoms with Gasteiger partial charge in [0.25, 0.3) is 0 Å². The Morgan fingerprint density at radius 2 is 1.79 bits per heavy atom. The summed E-state index contributed by atoms with van der Waals surface area (Å²) in [5.74, 6) is -0.256. The van der Waals surface area contributed by atoms with Crippen LogP contribution in [0.15, 0.2) is 42.5 Å². The molecule has 0 aliphatic heterocycles. The third kappa shape index (κ3) is 3.51. The van der Waals surface area contributed by atoms with Crippen molar-refractivity contribution in [3.8, 4) is 5.75 Å². The van der Waals surface area contributed by atoms with Crippen molar-refractivity contribution in [2.45, 2.75) is 19.6 Å². The minimum atomic E-state index is -0.383. The molecule has 19 heavy (non-hydrogen) atoms. The maximum absolute atomic E-state index is 13.7. The van der Waals surface area contributed by atoms with E-state index in [0.29, 0.717) is 11.3 Å². The summed E-state index contributed by atoms with van der Waals surface area (Å²) < 4.78 is 31.8. The maximum atomic E-state index is 13.7. The molecule has 2 N–H and O–H groups in total. The topological polar surface area (TPSA) is 35.2 Å². The van der Waals surface area contributed by atoms with E-state index in [4.69, 9.17) is 10.5 Å². The van der Waals surface area contributed by atoms with Gasteiger partial charge in [0.1, 0.15) is 24.0 Å². The smallest absolute Gasteiger partial charge is 0.131 e. The van der Waals surface area contributed by atoms with Crippen LogP contribution in [0.4, 0.5) is 8.78 Å². The van der Waals surface area contributed by atoms with Crippen LogP contribution in [0.25, 0.3) is 0 Å². The van der Waals surface area contributed by atoms with Crippen LogP contribution in [0.5, 0.6) is 5.75 Å². The first-order valence-electron chi connectivity index (χ1n) is 5.98. The third-order valence-corrected chi connectivity index (χ3v) is 2.78. The number of nitrogens with two attached hydrogens (primary N) is 1. The molecular formula is C15H15F2NO. The van der Waals surface area contributed by atoms with Crippen molar-refractivity contribution in [2.24, 2.45) is 5.73 Å². The molecule has 0 saturated carbocycles. The van der Waals surface area contributed by atoms with Gasteiger partial charge in [-0.15, -0.1) is 0 Å². The summed E-state index contributed by atoms with van der Waals surface area (Å²) in [6.07, 6.45) is 0. The largest absolute Gasteiger partial charge is 0.489 e. The van der Waals surface area contributed by atoms with E-state index in [2.05, 4.69) is 0 Å². The summed E-state index contributed by atoms with van der Waals surface area (Å²) >= 11 is 0. The first-order valence-corrected chi connectivity index (χ1v) is 5.98. The molecule has 100 valence electrons. The van der Waals surface area contributed by atoms with Crippen LogP contribution in [0.2, 0.25) is 0 Å². The zero-order valence-electron chi connectivity index (χ0n) is 10.6. The Balaban J connectivity index is 2.04. The molecular weight excluding hydrogens is 248 g/mol. The standard InChI is InChI=1S/C15H15F2NO/c1-10(18)14-7-6-13(8-15(14)17)19-9-11-2-4-12(16)5-3-11/h2-8,10H,9,18H2,1H3/t10-/m1/s1. The first kappa shape index (κ1) is 13.5. The maximum Gasteiger partial charge on any atom is 0.131 e. The van der Waals surface area contributed by atoms with Crippen molar-refractivity contribution in [3.63, 3.8) is 0 Å². The number of hydrogen-bond acceptors (Lipinski definition) is 2. The minimum absolute atomic E-state index is 0.261. The monoisotopic (exact) mass is 263 g/mol. The lowest BCUT2D eigenvalue weighted by molar-refractivity contribution is 0.304. The van der Waals surface area contributed by atoms with Crippen LogP contribution >= 0.6 is 0 Å². The average Bonchev–Trinajstić information content (AvgIpc) is 2.37. The molecule has 0 saturated heterocycles. The normalized spacial score (nSPS) is 12.2. The highest BCUT2D eigenvalue weighted by molar-refractivity contribution is 5.30. The van der Waals surface area contributed by atoms with Crippen molar-refractivity contribution in [3.05, 3.63) is 65.2 Å². The summed E-state index contributed by atoms with van der Waals surface area (Å²) in [5.41, 5.74) is 6.90. The van der Waals surface area contributed by atoms with Gasteiger partial charge in [-0.05, 0) is 30.7 Å². The Hall–Kier alpha value is -1.94. The molecule has 1 atom stereocenters. The minimum Gasteiger partial charge on any atom is -0.489 e. The van der Waals surface area contributed by atoms with E-state index in [1.807, 2.05) is 0 Å². The van der Waals surface area contributed by atoms with Gasteiger partial charge in [0.15, 0.2) is 0 Å². The van der Waals surface area contributed by atoms with E-state index in [9.17, 15) is 8.78 Å². The van der Waals surface area contributed by atoms with Crippen molar-refractivity contribution < 1.29 is 13.5 Å². The van der Waals surface area contributed by atoms with Gasteiger partial charge in [-0.1, -0.05) is 18.2 Å². The Bertz CT molecular complexity index is 553. The van der Waals surface area contributed by atoms with E-state index in [0.717, 1.165) is 5.56 Å². The molecule has 0 unspecified atom stereocenters. The Kier molecular flexibility index (Phi) is 4.12. The van der Waals surface area contributed by atoms with Crippen molar-refractivity contribution >= 4 is 0 Å². The fourth-order valence-electron chi connectivity index (χ4n) is 1.71. The zero-order chi connectivity index (χ0) is 13.8. The second-order valence-corrected chi connectivity index (χ2v) is 4.39. The molecule has 2 aromatic carbocycles. The number of halogens is 2. The van der Waals surface area contributed by atoms with Gasteiger partial charge in [0.2, 0.25) is 0 Å². The van der Waals surface area contributed by atoms with Gasteiger partial charge in [0, 0.05) is 17.7 Å². The van der Waals surface area contributed by atoms with E-state index in [-0.39, 0.29) is 24.3 Å². The fourth-order valence-corrected chi connectivity index (χ4v) is 1.71. The van der Waals surface area contributed by atoms with E-state index in [1.54, 1.807) is 31.2 Å². The summed E-state index contributed by atoms with van der Waals surface area (Å²) in [6.45, 7) is 1.98. The molecule has 0 bridgehead atoms. The number of benzene rings is 2. The Labute approximate surface area is 110 Å². The van der Waals surface area contributed by atoms with Crippen molar-refractivity contribution in [1.82, 2.24) is 0 Å². The fraction of sp³-hybridized carbons (Fsp3) is 0.200. The van der Waals surface area contributed by atoms with E-state index in [1.165, 1.54) is 18.2 Å². The van der Waals surface area contributed by atoms with Crippen LogP contribution in [0.3, 0.4) is 0 Å². The molecule has 0 amide bonds.